The van der Waals surface area contributed by atoms with Gasteiger partial charge in [-0.05, 0) is 44.9 Å². The van der Waals surface area contributed by atoms with Crippen LogP contribution in [0.4, 0.5) is 0 Å². The Hall–Kier alpha value is -2.68. The highest BCUT2D eigenvalue weighted by Gasteiger charge is 2.34. The highest BCUT2D eigenvalue weighted by atomic mass is 32.2. The molecule has 0 saturated carbocycles. The van der Waals surface area contributed by atoms with Gasteiger partial charge in [0.15, 0.2) is 15.6 Å². The third kappa shape index (κ3) is 3.19. The van der Waals surface area contributed by atoms with Crippen molar-refractivity contribution in [1.29, 1.82) is 0 Å². The zero-order chi connectivity index (χ0) is 20.6. The standard InChI is InChI=1S/C19H23N3O5S/c1-5-22-19(24)14(10-20-22)17(23)13-9-11(3)18-16(12(13)4)15(21-27-6-2)7-8-28(18,25)26/h9-10,24H,5-8H2,1-4H3. The van der Waals surface area contributed by atoms with Crippen LogP contribution in [0, 0.1) is 13.8 Å². The number of sulfone groups is 1. The smallest absolute Gasteiger partial charge is 0.220 e. The Morgan fingerprint density at radius 1 is 1.32 bits per heavy atom. The van der Waals surface area contributed by atoms with E-state index >= 15 is 0 Å². The topological polar surface area (TPSA) is 111 Å². The monoisotopic (exact) mass is 405 g/mol. The summed E-state index contributed by atoms with van der Waals surface area (Å²) in [5.74, 6) is -0.679. The van der Waals surface area contributed by atoms with Crippen molar-refractivity contribution in [3.63, 3.8) is 0 Å². The van der Waals surface area contributed by atoms with Crippen molar-refractivity contribution in [2.45, 2.75) is 45.6 Å². The first-order chi connectivity index (χ1) is 13.2. The molecule has 0 bridgehead atoms. The molecule has 9 heteroatoms. The molecule has 0 radical (unpaired) electrons. The molecule has 28 heavy (non-hydrogen) atoms. The molecule has 150 valence electrons. The number of nitrogens with zero attached hydrogens (tertiary/aromatic N) is 3. The van der Waals surface area contributed by atoms with Gasteiger partial charge in [-0.25, -0.2) is 13.1 Å². The van der Waals surface area contributed by atoms with Crippen LogP contribution in [0.15, 0.2) is 22.3 Å². The van der Waals surface area contributed by atoms with E-state index in [-0.39, 0.29) is 28.5 Å². The van der Waals surface area contributed by atoms with Gasteiger partial charge in [-0.2, -0.15) is 5.10 Å². The third-order valence-corrected chi connectivity index (χ3v) is 6.73. The summed E-state index contributed by atoms with van der Waals surface area (Å²) in [5, 5.41) is 18.3. The summed E-state index contributed by atoms with van der Waals surface area (Å²) >= 11 is 0. The van der Waals surface area contributed by atoms with Crippen LogP contribution in [0.3, 0.4) is 0 Å². The van der Waals surface area contributed by atoms with Crippen LogP contribution < -0.4 is 0 Å². The summed E-state index contributed by atoms with van der Waals surface area (Å²) in [6.45, 7) is 7.71. The summed E-state index contributed by atoms with van der Waals surface area (Å²) in [6.07, 6.45) is 1.54. The number of rotatable bonds is 5. The molecule has 0 fully saturated rings. The van der Waals surface area contributed by atoms with Crippen LogP contribution in [0.5, 0.6) is 5.88 Å². The lowest BCUT2D eigenvalue weighted by Gasteiger charge is -2.23. The molecule has 1 aromatic carbocycles. The molecule has 0 unspecified atom stereocenters. The van der Waals surface area contributed by atoms with Crippen molar-refractivity contribution in [1.82, 2.24) is 9.78 Å². The fourth-order valence-electron chi connectivity index (χ4n) is 3.48. The normalized spacial score (nSPS) is 16.8. The van der Waals surface area contributed by atoms with Gasteiger partial charge in [0.1, 0.15) is 12.2 Å². The molecule has 1 N–H and O–H groups in total. The van der Waals surface area contributed by atoms with E-state index in [1.54, 1.807) is 33.8 Å². The number of aryl methyl sites for hydroxylation is 2. The summed E-state index contributed by atoms with van der Waals surface area (Å²) < 4.78 is 26.7. The van der Waals surface area contributed by atoms with Crippen molar-refractivity contribution < 1.29 is 23.2 Å². The van der Waals surface area contributed by atoms with Crippen LogP contribution in [0.2, 0.25) is 0 Å². The molecule has 2 heterocycles. The third-order valence-electron chi connectivity index (χ3n) is 4.84. The highest BCUT2D eigenvalue weighted by molar-refractivity contribution is 7.91. The van der Waals surface area contributed by atoms with Gasteiger partial charge < -0.3 is 9.94 Å². The molecule has 3 rings (SSSR count). The Morgan fingerprint density at radius 3 is 2.64 bits per heavy atom. The van der Waals surface area contributed by atoms with Crippen LogP contribution in [0.1, 0.15) is 52.9 Å². The number of fused-ring (bicyclic) bond motifs is 1. The number of hydrogen-bond donors (Lipinski definition) is 1. The van der Waals surface area contributed by atoms with Crippen molar-refractivity contribution in [2.75, 3.05) is 12.4 Å². The van der Waals surface area contributed by atoms with Gasteiger partial charge in [-0.3, -0.25) is 4.79 Å². The SMILES string of the molecule is CCON=C1CCS(=O)(=O)c2c(C)cc(C(=O)c3cnn(CC)c3O)c(C)c21. The van der Waals surface area contributed by atoms with Crippen molar-refractivity contribution in [3.8, 4) is 5.88 Å². The maximum absolute atomic E-state index is 13.1. The summed E-state index contributed by atoms with van der Waals surface area (Å²) in [5.41, 5.74) is 2.28. The minimum atomic E-state index is -3.48. The summed E-state index contributed by atoms with van der Waals surface area (Å²) in [6, 6.07) is 1.56. The van der Waals surface area contributed by atoms with E-state index < -0.39 is 15.6 Å². The number of carbonyl (C=O) groups excluding carboxylic acids is 1. The number of oxime groups is 1. The predicted molar refractivity (Wildman–Crippen MR) is 104 cm³/mol. The molecule has 1 aliphatic heterocycles. The summed E-state index contributed by atoms with van der Waals surface area (Å²) in [4.78, 5) is 18.5. The molecule has 0 atom stereocenters. The molecular formula is C19H23N3O5S. The average molecular weight is 405 g/mol. The van der Waals surface area contributed by atoms with Gasteiger partial charge in [0.05, 0.1) is 22.6 Å². The minimum Gasteiger partial charge on any atom is -0.493 e. The maximum atomic E-state index is 13.1. The first-order valence-electron chi connectivity index (χ1n) is 9.08. The molecule has 1 aromatic heterocycles. The van der Waals surface area contributed by atoms with Gasteiger partial charge >= 0.3 is 0 Å². The summed E-state index contributed by atoms with van der Waals surface area (Å²) in [7, 11) is -3.48. The second-order valence-electron chi connectivity index (χ2n) is 6.62. The van der Waals surface area contributed by atoms with Crippen LogP contribution in [-0.2, 0) is 21.2 Å². The number of aromatic hydroxyl groups is 1. The lowest BCUT2D eigenvalue weighted by Crippen LogP contribution is -2.26. The molecule has 8 nitrogen and oxygen atoms in total. The zero-order valence-corrected chi connectivity index (χ0v) is 17.1. The van der Waals surface area contributed by atoms with Gasteiger partial charge in [-0.1, -0.05) is 5.16 Å². The van der Waals surface area contributed by atoms with Crippen molar-refractivity contribution in [2.24, 2.45) is 5.16 Å². The predicted octanol–water partition coefficient (Wildman–Crippen LogP) is 2.37. The number of ketones is 1. The first kappa shape index (κ1) is 20.1. The zero-order valence-electron chi connectivity index (χ0n) is 16.3. The molecule has 0 spiro atoms. The molecule has 1 aliphatic rings. The lowest BCUT2D eigenvalue weighted by atomic mass is 9.91. The average Bonchev–Trinajstić information content (AvgIpc) is 3.03. The van der Waals surface area contributed by atoms with Crippen molar-refractivity contribution in [3.05, 3.63) is 40.1 Å². The number of carbonyl (C=O) groups is 1. The number of aromatic nitrogens is 2. The van der Waals surface area contributed by atoms with Crippen LogP contribution in [-0.4, -0.2) is 47.2 Å². The van der Waals surface area contributed by atoms with Crippen LogP contribution >= 0.6 is 0 Å². The Balaban J connectivity index is 2.24. The lowest BCUT2D eigenvalue weighted by molar-refractivity contribution is 0.103. The molecular weight excluding hydrogens is 382 g/mol. The number of benzene rings is 1. The molecule has 0 aliphatic carbocycles. The Morgan fingerprint density at radius 2 is 2.04 bits per heavy atom. The Kier molecular flexibility index (Phi) is 5.29. The fraction of sp³-hybridized carbons (Fsp3) is 0.421. The second kappa shape index (κ2) is 7.38. The van der Waals surface area contributed by atoms with E-state index in [1.807, 2.05) is 0 Å². The maximum Gasteiger partial charge on any atom is 0.220 e. The van der Waals surface area contributed by atoms with Gasteiger partial charge in [0.25, 0.3) is 0 Å². The second-order valence-corrected chi connectivity index (χ2v) is 8.67. The van der Waals surface area contributed by atoms with E-state index in [9.17, 15) is 18.3 Å². The van der Waals surface area contributed by atoms with Crippen LogP contribution in [0.25, 0.3) is 0 Å². The first-order valence-corrected chi connectivity index (χ1v) is 10.7. The Labute approximate surface area is 163 Å². The molecule has 2 aromatic rings. The van der Waals surface area contributed by atoms with E-state index in [1.165, 1.54) is 10.9 Å². The van der Waals surface area contributed by atoms with E-state index in [0.29, 0.717) is 41.1 Å². The molecule has 0 amide bonds. The van der Waals surface area contributed by atoms with E-state index in [2.05, 4.69) is 10.3 Å². The molecule has 0 saturated heterocycles. The van der Waals surface area contributed by atoms with Gasteiger partial charge in [-0.15, -0.1) is 0 Å². The van der Waals surface area contributed by atoms with E-state index in [0.717, 1.165) is 0 Å². The van der Waals surface area contributed by atoms with E-state index in [4.69, 9.17) is 4.84 Å². The highest BCUT2D eigenvalue weighted by Crippen LogP contribution is 2.34. The minimum absolute atomic E-state index is 0.0520. The quantitative estimate of drug-likeness (QED) is 0.604. The van der Waals surface area contributed by atoms with Gasteiger partial charge in [0.2, 0.25) is 5.88 Å². The van der Waals surface area contributed by atoms with Gasteiger partial charge in [0, 0.05) is 24.1 Å². The fourth-order valence-corrected chi connectivity index (χ4v) is 5.28. The van der Waals surface area contributed by atoms with Crippen molar-refractivity contribution >= 4 is 21.3 Å². The Bertz CT molecular complexity index is 1080. The number of hydrogen-bond acceptors (Lipinski definition) is 7. The largest absolute Gasteiger partial charge is 0.493 e.